The Kier molecular flexibility index (Phi) is 8.63. The Balaban J connectivity index is 0.00000240. The smallest absolute Gasteiger partial charge is 0.225 e. The Morgan fingerprint density at radius 2 is 1.90 bits per heavy atom. The highest BCUT2D eigenvalue weighted by Crippen LogP contribution is 2.33. The predicted octanol–water partition coefficient (Wildman–Crippen LogP) is 1.000. The van der Waals surface area contributed by atoms with Crippen molar-refractivity contribution >= 4 is 47.6 Å². The second-order valence-corrected chi connectivity index (χ2v) is 8.66. The molecular weight excluding hydrogens is 501 g/mol. The molecule has 0 radical (unpaired) electrons. The minimum absolute atomic E-state index is 0. The monoisotopic (exact) mass is 533 g/mol. The lowest BCUT2D eigenvalue weighted by atomic mass is 9.95. The number of nitrogens with zero attached hydrogens (tertiary/aromatic N) is 6. The van der Waals surface area contributed by atoms with Gasteiger partial charge in [-0.1, -0.05) is 0 Å². The van der Waals surface area contributed by atoms with E-state index in [2.05, 4.69) is 46.7 Å². The highest BCUT2D eigenvalue weighted by Gasteiger charge is 2.41. The molecule has 29 heavy (non-hydrogen) atoms. The maximum atomic E-state index is 5.58. The van der Waals surface area contributed by atoms with Crippen LogP contribution in [0.3, 0.4) is 0 Å². The molecule has 0 bridgehead atoms. The number of anilines is 1. The number of aliphatic imine (C=N–C) groups is 1. The van der Waals surface area contributed by atoms with Crippen LogP contribution in [0.4, 0.5) is 5.95 Å². The minimum Gasteiger partial charge on any atom is -0.379 e. The molecule has 0 aliphatic carbocycles. The first kappa shape index (κ1) is 22.8. The number of morpholine rings is 1. The zero-order chi connectivity index (χ0) is 19.2. The van der Waals surface area contributed by atoms with Crippen LogP contribution in [0.1, 0.15) is 6.42 Å². The van der Waals surface area contributed by atoms with E-state index in [-0.39, 0.29) is 29.5 Å². The molecule has 1 aromatic rings. The van der Waals surface area contributed by atoms with Crippen LogP contribution in [0.2, 0.25) is 0 Å². The summed E-state index contributed by atoms with van der Waals surface area (Å²) in [5.41, 5.74) is 0.226. The number of piperazine rings is 1. The third kappa shape index (κ3) is 5.45. The second-order valence-electron chi connectivity index (χ2n) is 7.55. The van der Waals surface area contributed by atoms with Gasteiger partial charge >= 0.3 is 0 Å². The first-order valence-electron chi connectivity index (χ1n) is 10.2. The predicted molar refractivity (Wildman–Crippen MR) is 130 cm³/mol. The lowest BCUT2D eigenvalue weighted by Gasteiger charge is -2.44. The summed E-state index contributed by atoms with van der Waals surface area (Å²) in [6.07, 6.45) is 4.85. The van der Waals surface area contributed by atoms with Crippen LogP contribution in [0.5, 0.6) is 0 Å². The highest BCUT2D eigenvalue weighted by atomic mass is 127. The van der Waals surface area contributed by atoms with Crippen LogP contribution in [-0.4, -0.2) is 109 Å². The van der Waals surface area contributed by atoms with Gasteiger partial charge in [0, 0.05) is 76.5 Å². The van der Waals surface area contributed by atoms with E-state index >= 15 is 0 Å². The van der Waals surface area contributed by atoms with E-state index in [1.54, 1.807) is 12.4 Å². The van der Waals surface area contributed by atoms with E-state index in [0.717, 1.165) is 70.9 Å². The zero-order valence-corrected chi connectivity index (χ0v) is 20.3. The van der Waals surface area contributed by atoms with Crippen LogP contribution in [0, 0.1) is 0 Å². The maximum Gasteiger partial charge on any atom is 0.225 e. The van der Waals surface area contributed by atoms with Crippen LogP contribution >= 0.6 is 35.7 Å². The number of aromatic nitrogens is 2. The Morgan fingerprint density at radius 3 is 2.52 bits per heavy atom. The topological polar surface area (TPSA) is 69.1 Å². The lowest BCUT2D eigenvalue weighted by molar-refractivity contribution is -0.0121. The molecule has 1 atom stereocenters. The van der Waals surface area contributed by atoms with Crippen LogP contribution in [-0.2, 0) is 4.74 Å². The van der Waals surface area contributed by atoms with Gasteiger partial charge < -0.3 is 19.9 Å². The third-order valence-corrected chi connectivity index (χ3v) is 7.20. The van der Waals surface area contributed by atoms with E-state index in [1.807, 2.05) is 13.1 Å². The quantitative estimate of drug-likeness (QED) is 0.350. The molecule has 3 saturated heterocycles. The number of thioether (sulfide) groups is 1. The normalized spacial score (nSPS) is 26.3. The van der Waals surface area contributed by atoms with E-state index < -0.39 is 0 Å². The first-order chi connectivity index (χ1) is 13.8. The maximum absolute atomic E-state index is 5.58. The van der Waals surface area contributed by atoms with E-state index in [0.29, 0.717) is 0 Å². The number of halogens is 1. The molecule has 8 nitrogen and oxygen atoms in total. The van der Waals surface area contributed by atoms with Crippen LogP contribution < -0.4 is 10.2 Å². The molecule has 3 aliphatic rings. The van der Waals surface area contributed by atoms with Crippen molar-refractivity contribution in [3.8, 4) is 0 Å². The fraction of sp³-hybridized carbons (Fsp3) is 0.737. The van der Waals surface area contributed by atoms with Crippen molar-refractivity contribution < 1.29 is 4.74 Å². The summed E-state index contributed by atoms with van der Waals surface area (Å²) in [5, 5.41) is 3.70. The third-order valence-electron chi connectivity index (χ3n) is 5.97. The van der Waals surface area contributed by atoms with E-state index in [4.69, 9.17) is 4.74 Å². The van der Waals surface area contributed by atoms with Crippen molar-refractivity contribution in [2.75, 3.05) is 82.5 Å². The number of ether oxygens (including phenoxy) is 1. The van der Waals surface area contributed by atoms with Gasteiger partial charge in [0.1, 0.15) is 0 Å². The summed E-state index contributed by atoms with van der Waals surface area (Å²) in [5.74, 6) is 4.27. The molecule has 1 N–H and O–H groups in total. The van der Waals surface area contributed by atoms with Crippen molar-refractivity contribution in [3.63, 3.8) is 0 Å². The summed E-state index contributed by atoms with van der Waals surface area (Å²) in [7, 11) is 1.89. The van der Waals surface area contributed by atoms with Crippen molar-refractivity contribution in [3.05, 3.63) is 18.5 Å². The molecular formula is C19H32IN7OS. The van der Waals surface area contributed by atoms with Gasteiger partial charge in [0.25, 0.3) is 0 Å². The Morgan fingerprint density at radius 1 is 1.17 bits per heavy atom. The zero-order valence-electron chi connectivity index (χ0n) is 17.1. The fourth-order valence-corrected chi connectivity index (χ4v) is 5.76. The number of rotatable bonds is 4. The molecule has 4 heterocycles. The van der Waals surface area contributed by atoms with E-state index in [1.165, 1.54) is 17.9 Å². The van der Waals surface area contributed by atoms with Crippen molar-refractivity contribution in [1.29, 1.82) is 0 Å². The molecule has 0 saturated carbocycles. The van der Waals surface area contributed by atoms with Gasteiger partial charge in [0.2, 0.25) is 5.95 Å². The molecule has 0 aromatic carbocycles. The van der Waals surface area contributed by atoms with Crippen molar-refractivity contribution in [2.24, 2.45) is 4.99 Å². The SMILES string of the molecule is CN=C(NCC1(N2CCOCC2)CCSC1)N1CCN(c2ncccn2)CC1.I. The summed E-state index contributed by atoms with van der Waals surface area (Å²) in [6, 6.07) is 1.86. The summed E-state index contributed by atoms with van der Waals surface area (Å²) >= 11 is 2.07. The van der Waals surface area contributed by atoms with Crippen molar-refractivity contribution in [2.45, 2.75) is 12.0 Å². The molecule has 3 aliphatic heterocycles. The second kappa shape index (κ2) is 11.0. The molecule has 162 valence electrons. The molecule has 10 heteroatoms. The summed E-state index contributed by atoms with van der Waals surface area (Å²) in [6.45, 7) is 8.41. The lowest BCUT2D eigenvalue weighted by Crippen LogP contribution is -2.61. The van der Waals surface area contributed by atoms with Gasteiger partial charge in [-0.15, -0.1) is 24.0 Å². The fourth-order valence-electron chi connectivity index (χ4n) is 4.28. The van der Waals surface area contributed by atoms with Gasteiger partial charge in [-0.3, -0.25) is 9.89 Å². The Labute approximate surface area is 194 Å². The van der Waals surface area contributed by atoms with Crippen LogP contribution in [0.15, 0.2) is 23.5 Å². The largest absolute Gasteiger partial charge is 0.379 e. The molecule has 0 spiro atoms. The summed E-state index contributed by atoms with van der Waals surface area (Å²) in [4.78, 5) is 20.6. The van der Waals surface area contributed by atoms with Crippen molar-refractivity contribution in [1.82, 2.24) is 25.1 Å². The molecule has 0 amide bonds. The average molecular weight is 533 g/mol. The van der Waals surface area contributed by atoms with Crippen LogP contribution in [0.25, 0.3) is 0 Å². The number of hydrogen-bond donors (Lipinski definition) is 1. The summed E-state index contributed by atoms with van der Waals surface area (Å²) < 4.78 is 5.58. The number of nitrogens with one attached hydrogen (secondary N) is 1. The first-order valence-corrected chi connectivity index (χ1v) is 11.3. The standard InChI is InChI=1S/C19H31N7OS.HI/c1-20-17(24-6-8-25(9-7-24)18-21-4-2-5-22-18)23-15-19(3-14-28-16-19)26-10-12-27-13-11-26;/h2,4-5H,3,6-16H2,1H3,(H,20,23);1H. The van der Waals surface area contributed by atoms with Gasteiger partial charge in [0.05, 0.1) is 13.2 Å². The number of hydrogen-bond acceptors (Lipinski definition) is 7. The minimum atomic E-state index is 0. The Bertz CT molecular complexity index is 645. The highest BCUT2D eigenvalue weighted by molar-refractivity contribution is 14.0. The van der Waals surface area contributed by atoms with Gasteiger partial charge in [0.15, 0.2) is 5.96 Å². The molecule has 1 aromatic heterocycles. The van der Waals surface area contributed by atoms with Gasteiger partial charge in [-0.25, -0.2) is 9.97 Å². The number of guanidine groups is 1. The average Bonchev–Trinajstić information content (AvgIpc) is 3.26. The van der Waals surface area contributed by atoms with E-state index in [9.17, 15) is 0 Å². The molecule has 1 unspecified atom stereocenters. The molecule has 3 fully saturated rings. The van der Waals surface area contributed by atoms with Gasteiger partial charge in [-0.05, 0) is 18.2 Å². The Hall–Kier alpha value is -0.850. The van der Waals surface area contributed by atoms with Gasteiger partial charge in [-0.2, -0.15) is 11.8 Å². The molecule has 4 rings (SSSR count).